The lowest BCUT2D eigenvalue weighted by Gasteiger charge is -2.12. The topological polar surface area (TPSA) is 178 Å². The molecule has 16 heavy (non-hydrogen) atoms. The summed E-state index contributed by atoms with van der Waals surface area (Å²) in [7, 11) is -9.84. The molecule has 0 amide bonds. The number of phosphoric ester groups is 1. The van der Waals surface area contributed by atoms with Gasteiger partial charge in [-0.3, -0.25) is 4.52 Å². The molecule has 0 heterocycles. The molecular formula is C4H15NO9P2. The van der Waals surface area contributed by atoms with Gasteiger partial charge in [0.25, 0.3) is 0 Å². The van der Waals surface area contributed by atoms with Crippen molar-refractivity contribution >= 4 is 15.6 Å². The summed E-state index contributed by atoms with van der Waals surface area (Å²) in [6.45, 7) is -0.697. The van der Waals surface area contributed by atoms with Gasteiger partial charge in [0.05, 0.1) is 26.4 Å². The summed E-state index contributed by atoms with van der Waals surface area (Å²) in [6, 6.07) is 0. The summed E-state index contributed by atoms with van der Waals surface area (Å²) < 4.78 is 33.2. The largest absolute Gasteiger partial charge is 0.481 e. The van der Waals surface area contributed by atoms with Crippen molar-refractivity contribution in [2.75, 3.05) is 26.4 Å². The number of hydrogen-bond acceptors (Lipinski definition) is 7. The van der Waals surface area contributed by atoms with Crippen LogP contribution in [0.2, 0.25) is 0 Å². The van der Waals surface area contributed by atoms with Crippen LogP contribution in [0, 0.1) is 0 Å². The molecule has 0 bridgehead atoms. The number of aliphatic hydroxyl groups excluding tert-OH is 1. The summed E-state index contributed by atoms with van der Waals surface area (Å²) in [5.41, 5.74) is 0. The summed E-state index contributed by atoms with van der Waals surface area (Å²) in [5, 5.41) is 8.28. The van der Waals surface area contributed by atoms with Crippen molar-refractivity contribution in [3.8, 4) is 0 Å². The molecule has 100 valence electrons. The zero-order valence-corrected chi connectivity index (χ0v) is 10.0. The van der Waals surface area contributed by atoms with E-state index in [-0.39, 0.29) is 26.0 Å². The van der Waals surface area contributed by atoms with Crippen molar-refractivity contribution in [2.24, 2.45) is 0 Å². The molecule has 7 N–H and O–H groups in total. The molecule has 0 aliphatic carbocycles. The predicted molar refractivity (Wildman–Crippen MR) is 51.8 cm³/mol. The smallest absolute Gasteiger partial charge is 0.394 e. The van der Waals surface area contributed by atoms with E-state index >= 15 is 0 Å². The first-order valence-corrected chi connectivity index (χ1v) is 6.72. The van der Waals surface area contributed by atoms with Gasteiger partial charge in [0, 0.05) is 0 Å². The second-order valence-electron chi connectivity index (χ2n) is 2.21. The van der Waals surface area contributed by atoms with E-state index in [0.29, 0.717) is 0 Å². The molecule has 1 atom stereocenters. The second-order valence-corrected chi connectivity index (χ2v) is 5.04. The Morgan fingerprint density at radius 2 is 1.56 bits per heavy atom. The van der Waals surface area contributed by atoms with Crippen LogP contribution in [-0.2, 0) is 22.7 Å². The molecule has 10 nitrogen and oxygen atoms in total. The Morgan fingerprint density at radius 1 is 1.00 bits per heavy atom. The van der Waals surface area contributed by atoms with E-state index in [4.69, 9.17) is 19.8 Å². The van der Waals surface area contributed by atoms with Crippen LogP contribution in [0.4, 0.5) is 0 Å². The normalized spacial score (nSPS) is 15.2. The molecule has 0 aromatic rings. The highest BCUT2D eigenvalue weighted by molar-refractivity contribution is 7.60. The number of rotatable bonds is 8. The Balaban J connectivity index is 0. The zero-order valence-electron chi connectivity index (χ0n) is 8.26. The van der Waals surface area contributed by atoms with Crippen molar-refractivity contribution in [2.45, 2.75) is 0 Å². The van der Waals surface area contributed by atoms with Crippen LogP contribution in [0.25, 0.3) is 0 Å². The lowest BCUT2D eigenvalue weighted by atomic mass is 10.7. The minimum absolute atomic E-state index is 0. The summed E-state index contributed by atoms with van der Waals surface area (Å²) in [4.78, 5) is 25.1. The Kier molecular flexibility index (Phi) is 9.56. The molecule has 0 saturated heterocycles. The zero-order chi connectivity index (χ0) is 11.9. The first-order chi connectivity index (χ1) is 6.77. The summed E-state index contributed by atoms with van der Waals surface area (Å²) in [5.74, 6) is 0. The summed E-state index contributed by atoms with van der Waals surface area (Å²) in [6.07, 6.45) is 0. The van der Waals surface area contributed by atoms with Crippen molar-refractivity contribution in [3.05, 3.63) is 0 Å². The van der Waals surface area contributed by atoms with Gasteiger partial charge in [-0.25, -0.2) is 9.13 Å². The quantitative estimate of drug-likeness (QED) is 0.285. The van der Waals surface area contributed by atoms with E-state index in [0.717, 1.165) is 0 Å². The minimum Gasteiger partial charge on any atom is -0.394 e. The van der Waals surface area contributed by atoms with Gasteiger partial charge in [0.2, 0.25) is 0 Å². The van der Waals surface area contributed by atoms with Gasteiger partial charge in [-0.2, -0.15) is 4.31 Å². The second kappa shape index (κ2) is 8.26. The Bertz CT molecular complexity index is 264. The Morgan fingerprint density at radius 3 is 2.00 bits per heavy atom. The van der Waals surface area contributed by atoms with Crippen LogP contribution in [0.5, 0.6) is 0 Å². The average molecular weight is 283 g/mol. The fraction of sp³-hybridized carbons (Fsp3) is 1.00. The van der Waals surface area contributed by atoms with E-state index in [9.17, 15) is 9.13 Å². The van der Waals surface area contributed by atoms with E-state index in [1.807, 2.05) is 0 Å². The molecule has 1 unspecified atom stereocenters. The van der Waals surface area contributed by atoms with Gasteiger partial charge < -0.3 is 30.7 Å². The molecule has 0 rings (SSSR count). The molecule has 0 aliphatic heterocycles. The van der Waals surface area contributed by atoms with Crippen molar-refractivity contribution < 1.29 is 42.5 Å². The number of aliphatic hydroxyl groups is 1. The summed E-state index contributed by atoms with van der Waals surface area (Å²) >= 11 is 0. The van der Waals surface area contributed by atoms with Gasteiger partial charge in [-0.05, 0) is 0 Å². The van der Waals surface area contributed by atoms with Crippen LogP contribution in [0.1, 0.15) is 0 Å². The van der Waals surface area contributed by atoms with E-state index in [2.05, 4.69) is 13.6 Å². The van der Waals surface area contributed by atoms with E-state index < -0.39 is 22.3 Å². The highest BCUT2D eigenvalue weighted by atomic mass is 31.3. The number of phosphoric acid groups is 2. The molecular weight excluding hydrogens is 268 g/mol. The highest BCUT2D eigenvalue weighted by Gasteiger charge is 2.31. The monoisotopic (exact) mass is 283 g/mol. The highest BCUT2D eigenvalue weighted by Crippen LogP contribution is 2.57. The predicted octanol–water partition coefficient (Wildman–Crippen LogP) is -0.616. The molecule has 0 spiro atoms. The van der Waals surface area contributed by atoms with Crippen LogP contribution < -0.4 is 6.15 Å². The Hall–Kier alpha value is 0.140. The van der Waals surface area contributed by atoms with Gasteiger partial charge >= 0.3 is 15.6 Å². The molecule has 0 aromatic carbocycles. The molecule has 0 aromatic heterocycles. The third kappa shape index (κ3) is 12.2. The van der Waals surface area contributed by atoms with Crippen molar-refractivity contribution in [1.29, 1.82) is 0 Å². The van der Waals surface area contributed by atoms with E-state index in [1.54, 1.807) is 0 Å². The van der Waals surface area contributed by atoms with Crippen LogP contribution in [0.3, 0.4) is 0 Å². The minimum atomic E-state index is -5.07. The van der Waals surface area contributed by atoms with E-state index in [1.165, 1.54) is 0 Å². The van der Waals surface area contributed by atoms with Crippen LogP contribution in [0.15, 0.2) is 0 Å². The lowest BCUT2D eigenvalue weighted by molar-refractivity contribution is 0.0614. The van der Waals surface area contributed by atoms with Gasteiger partial charge in [-0.15, -0.1) is 0 Å². The molecule has 0 saturated carbocycles. The fourth-order valence-corrected chi connectivity index (χ4v) is 2.11. The number of ether oxygens (including phenoxy) is 1. The molecule has 0 radical (unpaired) electrons. The molecule has 12 heteroatoms. The van der Waals surface area contributed by atoms with Crippen molar-refractivity contribution in [3.63, 3.8) is 0 Å². The molecule has 0 fully saturated rings. The van der Waals surface area contributed by atoms with Gasteiger partial charge in [0.1, 0.15) is 0 Å². The Labute approximate surface area is 91.6 Å². The third-order valence-electron chi connectivity index (χ3n) is 0.927. The SMILES string of the molecule is N.O=P(O)(O)OP(=O)(O)OCCOCCO. The lowest BCUT2D eigenvalue weighted by Crippen LogP contribution is -2.06. The van der Waals surface area contributed by atoms with Gasteiger partial charge in [0.15, 0.2) is 0 Å². The maximum Gasteiger partial charge on any atom is 0.481 e. The standard InChI is InChI=1S/C4H12O9P2.H3N/c5-1-2-11-3-4-12-15(9,10)13-14(6,7)8;/h5H,1-4H2,(H,9,10)(H2,6,7,8);1H3. The van der Waals surface area contributed by atoms with Gasteiger partial charge in [-0.1, -0.05) is 0 Å². The van der Waals surface area contributed by atoms with Crippen LogP contribution >= 0.6 is 15.6 Å². The number of hydrogen-bond donors (Lipinski definition) is 5. The first-order valence-electron chi connectivity index (χ1n) is 3.70. The first kappa shape index (κ1) is 18.5. The van der Waals surface area contributed by atoms with Crippen molar-refractivity contribution in [1.82, 2.24) is 6.15 Å². The maximum absolute atomic E-state index is 10.8. The third-order valence-corrected chi connectivity index (χ3v) is 3.11. The maximum atomic E-state index is 10.8. The fourth-order valence-electron chi connectivity index (χ4n) is 0.536. The average Bonchev–Trinajstić information content (AvgIpc) is 1.99. The molecule has 0 aliphatic rings. The van der Waals surface area contributed by atoms with Crippen LogP contribution in [-0.4, -0.2) is 46.2 Å².